The molecule has 36 heavy (non-hydrogen) atoms. The number of fused-ring (bicyclic) bond motifs is 2. The van der Waals surface area contributed by atoms with Crippen LogP contribution < -0.4 is 10.1 Å². The van der Waals surface area contributed by atoms with E-state index in [0.717, 1.165) is 22.2 Å². The van der Waals surface area contributed by atoms with Gasteiger partial charge >= 0.3 is 0 Å². The molecular formula is C27H30N6O3. The summed E-state index contributed by atoms with van der Waals surface area (Å²) in [7, 11) is 1.55. The molecule has 2 N–H and O–H groups in total. The average Bonchev–Trinajstić information content (AvgIpc) is 3.37. The highest BCUT2D eigenvalue weighted by Crippen LogP contribution is 2.33. The highest BCUT2D eigenvalue weighted by molar-refractivity contribution is 6.08. The number of carbonyl (C=O) groups excluding carboxylic acids is 2. The summed E-state index contributed by atoms with van der Waals surface area (Å²) in [6.45, 7) is 8.95. The molecule has 0 unspecified atom stereocenters. The molecule has 3 aromatic rings. The Morgan fingerprint density at radius 2 is 2.00 bits per heavy atom. The number of ketones is 1. The van der Waals surface area contributed by atoms with Gasteiger partial charge in [-0.05, 0) is 47.7 Å². The number of benzene rings is 2. The molecule has 0 saturated carbocycles. The Morgan fingerprint density at radius 1 is 1.25 bits per heavy atom. The number of imidazole rings is 1. The van der Waals surface area contributed by atoms with Crippen LogP contribution >= 0.6 is 0 Å². The Labute approximate surface area is 210 Å². The van der Waals surface area contributed by atoms with Gasteiger partial charge in [-0.15, -0.1) is 0 Å². The van der Waals surface area contributed by atoms with Crippen LogP contribution in [0.2, 0.25) is 0 Å². The largest absolute Gasteiger partial charge is 0.493 e. The Balaban J connectivity index is 1.67. The second kappa shape index (κ2) is 9.46. The maximum absolute atomic E-state index is 13.5. The van der Waals surface area contributed by atoms with Crippen molar-refractivity contribution in [2.45, 2.75) is 46.2 Å². The lowest BCUT2D eigenvalue weighted by molar-refractivity contribution is 0.0953. The maximum atomic E-state index is 13.5. The van der Waals surface area contributed by atoms with Crippen LogP contribution in [0.15, 0.2) is 30.6 Å². The van der Waals surface area contributed by atoms with E-state index in [1.165, 1.54) is 0 Å². The standard InChI is InChI=1S/C27H30N6O3/c1-6-36-23-11-17-13-33(25(29)18(17)12-19(23)26(35)30-5)14-22(34)16-9-20(27(2,3)4)24-21(10-16)32(8-7-28)15-31-24/h9-12,15,29H,6,8,13-14H2,1-5H3,(H,30,35). The van der Waals surface area contributed by atoms with Crippen LogP contribution in [0.5, 0.6) is 5.75 Å². The van der Waals surface area contributed by atoms with E-state index >= 15 is 0 Å². The van der Waals surface area contributed by atoms with Gasteiger partial charge in [0.15, 0.2) is 5.78 Å². The first kappa shape index (κ1) is 24.9. The van der Waals surface area contributed by atoms with Gasteiger partial charge in [0.1, 0.15) is 18.1 Å². The summed E-state index contributed by atoms with van der Waals surface area (Å²) in [5, 5.41) is 20.5. The Kier molecular flexibility index (Phi) is 6.55. The molecule has 0 radical (unpaired) electrons. The Morgan fingerprint density at radius 3 is 2.64 bits per heavy atom. The number of hydrogen-bond donors (Lipinski definition) is 2. The number of aromatic nitrogens is 2. The first-order valence-electron chi connectivity index (χ1n) is 11.8. The summed E-state index contributed by atoms with van der Waals surface area (Å²) in [4.78, 5) is 32.1. The Bertz CT molecular complexity index is 1420. The number of rotatable bonds is 7. The maximum Gasteiger partial charge on any atom is 0.254 e. The van der Waals surface area contributed by atoms with Gasteiger partial charge in [0.2, 0.25) is 0 Å². The lowest BCUT2D eigenvalue weighted by Gasteiger charge is -2.22. The van der Waals surface area contributed by atoms with Crippen LogP contribution in [-0.4, -0.2) is 52.2 Å². The molecule has 1 amide bonds. The summed E-state index contributed by atoms with van der Waals surface area (Å²) < 4.78 is 7.41. The summed E-state index contributed by atoms with van der Waals surface area (Å²) in [6.07, 6.45) is 1.63. The molecule has 0 bridgehead atoms. The van der Waals surface area contributed by atoms with Gasteiger partial charge in [-0.3, -0.25) is 15.0 Å². The minimum atomic E-state index is -0.291. The normalized spacial score (nSPS) is 13.0. The molecule has 0 spiro atoms. The fourth-order valence-corrected chi connectivity index (χ4v) is 4.51. The lowest BCUT2D eigenvalue weighted by Crippen LogP contribution is -2.30. The zero-order chi connectivity index (χ0) is 26.2. The molecule has 0 atom stereocenters. The van der Waals surface area contributed by atoms with Crippen molar-refractivity contribution in [3.05, 3.63) is 58.4 Å². The number of nitriles is 1. The summed E-state index contributed by atoms with van der Waals surface area (Å²) in [6, 6.07) is 9.24. The van der Waals surface area contributed by atoms with Gasteiger partial charge in [-0.2, -0.15) is 5.26 Å². The van der Waals surface area contributed by atoms with E-state index in [1.807, 2.05) is 13.0 Å². The van der Waals surface area contributed by atoms with E-state index < -0.39 is 0 Å². The number of ether oxygens (including phenoxy) is 1. The molecule has 0 aliphatic carbocycles. The van der Waals surface area contributed by atoms with Crippen LogP contribution in [0.4, 0.5) is 0 Å². The predicted octanol–water partition coefficient (Wildman–Crippen LogP) is 3.64. The van der Waals surface area contributed by atoms with Crippen LogP contribution in [0.1, 0.15) is 65.1 Å². The molecule has 186 valence electrons. The first-order valence-corrected chi connectivity index (χ1v) is 11.8. The summed E-state index contributed by atoms with van der Waals surface area (Å²) in [5.41, 5.74) is 4.51. The quantitative estimate of drug-likeness (QED) is 0.492. The van der Waals surface area contributed by atoms with Crippen molar-refractivity contribution in [1.82, 2.24) is 19.8 Å². The summed E-state index contributed by atoms with van der Waals surface area (Å²) >= 11 is 0. The van der Waals surface area contributed by atoms with Gasteiger partial charge in [0, 0.05) is 24.7 Å². The third-order valence-corrected chi connectivity index (χ3v) is 6.34. The highest BCUT2D eigenvalue weighted by atomic mass is 16.5. The summed E-state index contributed by atoms with van der Waals surface area (Å²) in [5.74, 6) is 0.225. The molecule has 4 rings (SSSR count). The van der Waals surface area contributed by atoms with Gasteiger partial charge in [0.25, 0.3) is 5.91 Å². The molecule has 0 saturated heterocycles. The predicted molar refractivity (Wildman–Crippen MR) is 137 cm³/mol. The van der Waals surface area contributed by atoms with Crippen molar-refractivity contribution in [2.24, 2.45) is 0 Å². The number of nitrogens with one attached hydrogen (secondary N) is 2. The van der Waals surface area contributed by atoms with Crippen LogP contribution in [0, 0.1) is 16.7 Å². The van der Waals surface area contributed by atoms with Gasteiger partial charge in [-0.1, -0.05) is 20.8 Å². The lowest BCUT2D eigenvalue weighted by atomic mass is 9.84. The van der Waals surface area contributed by atoms with Crippen molar-refractivity contribution in [1.29, 1.82) is 10.7 Å². The average molecular weight is 487 g/mol. The molecule has 9 nitrogen and oxygen atoms in total. The fourth-order valence-electron chi connectivity index (χ4n) is 4.51. The van der Waals surface area contributed by atoms with E-state index in [-0.39, 0.29) is 36.0 Å². The molecular weight excluding hydrogens is 456 g/mol. The Hall–Kier alpha value is -4.19. The molecule has 0 fully saturated rings. The SMILES string of the molecule is CCOc1cc2c(cc1C(=O)NC)C(=N)N(CC(=O)c1cc(C(C)(C)C)c3ncn(CC#N)c3c1)C2. The van der Waals surface area contributed by atoms with E-state index in [9.17, 15) is 14.9 Å². The number of amidine groups is 1. The zero-order valence-corrected chi connectivity index (χ0v) is 21.2. The third-order valence-electron chi connectivity index (χ3n) is 6.34. The number of Topliss-reactive ketones (excluding diaryl/α,β-unsaturated/α-hetero) is 1. The minimum absolute atomic E-state index is 0.00820. The number of amides is 1. The highest BCUT2D eigenvalue weighted by Gasteiger charge is 2.30. The van der Waals surface area contributed by atoms with Crippen molar-refractivity contribution in [3.8, 4) is 11.8 Å². The van der Waals surface area contributed by atoms with E-state index in [2.05, 4.69) is 37.1 Å². The van der Waals surface area contributed by atoms with E-state index in [1.54, 1.807) is 41.0 Å². The van der Waals surface area contributed by atoms with Crippen molar-refractivity contribution >= 4 is 28.6 Å². The number of nitrogens with zero attached hydrogens (tertiary/aromatic N) is 4. The monoisotopic (exact) mass is 486 g/mol. The van der Waals surface area contributed by atoms with Gasteiger partial charge in [-0.25, -0.2) is 4.98 Å². The minimum Gasteiger partial charge on any atom is -0.493 e. The van der Waals surface area contributed by atoms with Crippen LogP contribution in [0.3, 0.4) is 0 Å². The second-order valence-corrected chi connectivity index (χ2v) is 9.82. The van der Waals surface area contributed by atoms with Gasteiger partial charge in [0.05, 0.1) is 42.1 Å². The fraction of sp³-hybridized carbons (Fsp3) is 0.370. The molecule has 1 aromatic heterocycles. The van der Waals surface area contributed by atoms with E-state index in [0.29, 0.717) is 35.6 Å². The molecule has 9 heteroatoms. The van der Waals surface area contributed by atoms with Gasteiger partial charge < -0.3 is 19.5 Å². The van der Waals surface area contributed by atoms with Crippen molar-refractivity contribution in [2.75, 3.05) is 20.2 Å². The second-order valence-electron chi connectivity index (χ2n) is 9.82. The van der Waals surface area contributed by atoms with Crippen LogP contribution in [-0.2, 0) is 18.5 Å². The molecule has 1 aliphatic heterocycles. The zero-order valence-electron chi connectivity index (χ0n) is 21.2. The number of hydrogen-bond acceptors (Lipinski definition) is 6. The molecule has 2 heterocycles. The molecule has 2 aromatic carbocycles. The van der Waals surface area contributed by atoms with Crippen molar-refractivity contribution in [3.63, 3.8) is 0 Å². The van der Waals surface area contributed by atoms with Crippen LogP contribution in [0.25, 0.3) is 11.0 Å². The first-order chi connectivity index (χ1) is 17.1. The molecule has 1 aliphatic rings. The third kappa shape index (κ3) is 4.42. The topological polar surface area (TPSA) is 124 Å². The van der Waals surface area contributed by atoms with Crippen molar-refractivity contribution < 1.29 is 14.3 Å². The smallest absolute Gasteiger partial charge is 0.254 e. The number of carbonyl (C=O) groups is 2. The van der Waals surface area contributed by atoms with E-state index in [4.69, 9.17) is 10.1 Å².